The van der Waals surface area contributed by atoms with Gasteiger partial charge in [-0.15, -0.1) is 0 Å². The van der Waals surface area contributed by atoms with E-state index in [-0.39, 0.29) is 6.61 Å². The van der Waals surface area contributed by atoms with E-state index in [2.05, 4.69) is 17.0 Å². The van der Waals surface area contributed by atoms with Gasteiger partial charge in [-0.25, -0.2) is 0 Å². The molecule has 1 aromatic rings. The van der Waals surface area contributed by atoms with Crippen LogP contribution in [0, 0.1) is 11.8 Å². The highest BCUT2D eigenvalue weighted by molar-refractivity contribution is 5.79. The molecule has 108 valence electrons. The Morgan fingerprint density at radius 1 is 1.15 bits per heavy atom. The zero-order valence-electron chi connectivity index (χ0n) is 11.9. The maximum Gasteiger partial charge on any atom is 0.225 e. The highest BCUT2D eigenvalue weighted by atomic mass is 16.3. The van der Waals surface area contributed by atoms with E-state index in [0.29, 0.717) is 17.7 Å². The molecule has 1 amide bonds. The number of amides is 1. The van der Waals surface area contributed by atoms with Gasteiger partial charge in [-0.2, -0.15) is 0 Å². The zero-order valence-corrected chi connectivity index (χ0v) is 11.9. The Bertz CT molecular complexity index is 464. The monoisotopic (exact) mass is 273 g/mol. The maximum absolute atomic E-state index is 12.2. The minimum atomic E-state index is 0.105. The molecule has 0 radical (unpaired) electrons. The predicted octanol–water partition coefficient (Wildman–Crippen LogP) is 2.37. The van der Waals surface area contributed by atoms with Gasteiger partial charge >= 0.3 is 0 Å². The number of benzene rings is 1. The first-order valence-electron chi connectivity index (χ1n) is 7.73. The van der Waals surface area contributed by atoms with Crippen LogP contribution in [-0.4, -0.2) is 29.0 Å². The molecule has 1 aromatic carbocycles. The Morgan fingerprint density at radius 3 is 2.45 bits per heavy atom. The fourth-order valence-corrected chi connectivity index (χ4v) is 3.23. The lowest BCUT2D eigenvalue weighted by Gasteiger charge is -2.29. The highest BCUT2D eigenvalue weighted by Gasteiger charge is 2.33. The number of nitrogens with zero attached hydrogens (tertiary/aromatic N) is 1. The average molecular weight is 273 g/mol. The van der Waals surface area contributed by atoms with E-state index in [1.807, 2.05) is 12.1 Å². The van der Waals surface area contributed by atoms with Crippen LogP contribution in [0.4, 0.5) is 0 Å². The maximum atomic E-state index is 12.2. The number of hydrogen-bond acceptors (Lipinski definition) is 2. The third kappa shape index (κ3) is 2.88. The van der Waals surface area contributed by atoms with Crippen LogP contribution < -0.4 is 0 Å². The van der Waals surface area contributed by atoms with Gasteiger partial charge in [-0.3, -0.25) is 4.79 Å². The summed E-state index contributed by atoms with van der Waals surface area (Å²) < 4.78 is 0. The molecule has 2 aliphatic rings. The van der Waals surface area contributed by atoms with Crippen molar-refractivity contribution in [2.75, 3.05) is 13.1 Å². The van der Waals surface area contributed by atoms with E-state index in [1.54, 1.807) is 0 Å². The van der Waals surface area contributed by atoms with Crippen LogP contribution in [0.5, 0.6) is 0 Å². The number of hydrogen-bond donors (Lipinski definition) is 1. The molecular formula is C17H23NO2. The molecule has 1 saturated carbocycles. The number of carbonyl (C=O) groups excluding carboxylic acids is 1. The lowest BCUT2D eigenvalue weighted by atomic mass is 9.84. The normalized spacial score (nSPS) is 22.9. The molecule has 2 fully saturated rings. The highest BCUT2D eigenvalue weighted by Crippen LogP contribution is 2.31. The molecule has 3 rings (SSSR count). The third-order valence-electron chi connectivity index (χ3n) is 4.78. The fraction of sp³-hybridized carbons (Fsp3) is 0.588. The largest absolute Gasteiger partial charge is 0.392 e. The summed E-state index contributed by atoms with van der Waals surface area (Å²) in [4.78, 5) is 14.3. The summed E-state index contributed by atoms with van der Waals surface area (Å²) in [5.74, 6) is 1.32. The molecule has 3 heteroatoms. The molecule has 0 bridgehead atoms. The van der Waals surface area contributed by atoms with E-state index in [4.69, 9.17) is 5.11 Å². The van der Waals surface area contributed by atoms with Gasteiger partial charge < -0.3 is 10.0 Å². The summed E-state index contributed by atoms with van der Waals surface area (Å²) in [6.07, 6.45) is 5.59. The van der Waals surface area contributed by atoms with Crippen LogP contribution in [0.3, 0.4) is 0 Å². The molecule has 1 N–H and O–H groups in total. The van der Waals surface area contributed by atoms with Gasteiger partial charge in [0.2, 0.25) is 5.91 Å². The Balaban J connectivity index is 1.52. The quantitative estimate of drug-likeness (QED) is 0.915. The predicted molar refractivity (Wildman–Crippen MR) is 78.1 cm³/mol. The van der Waals surface area contributed by atoms with Crippen LogP contribution in [-0.2, 0) is 17.8 Å². The summed E-state index contributed by atoms with van der Waals surface area (Å²) in [6, 6.07) is 8.17. The van der Waals surface area contributed by atoms with Crippen molar-refractivity contribution in [3.8, 4) is 0 Å². The Morgan fingerprint density at radius 2 is 1.85 bits per heavy atom. The first-order valence-corrected chi connectivity index (χ1v) is 7.73. The van der Waals surface area contributed by atoms with Gasteiger partial charge in [0, 0.05) is 19.0 Å². The van der Waals surface area contributed by atoms with Crippen molar-refractivity contribution in [2.45, 2.75) is 38.7 Å². The molecule has 20 heavy (non-hydrogen) atoms. The second-order valence-corrected chi connectivity index (χ2v) is 6.25. The molecule has 1 aliphatic carbocycles. The van der Waals surface area contributed by atoms with Crippen molar-refractivity contribution in [1.29, 1.82) is 0 Å². The minimum Gasteiger partial charge on any atom is -0.392 e. The Labute approximate surface area is 120 Å². The molecule has 1 aliphatic heterocycles. The van der Waals surface area contributed by atoms with E-state index in [1.165, 1.54) is 12.0 Å². The number of carbonyl (C=O) groups is 1. The fourth-order valence-electron chi connectivity index (χ4n) is 3.23. The number of aliphatic hydroxyl groups excluding tert-OH is 1. The third-order valence-corrected chi connectivity index (χ3v) is 4.78. The van der Waals surface area contributed by atoms with Crippen molar-refractivity contribution >= 4 is 5.91 Å². The summed E-state index contributed by atoms with van der Waals surface area (Å²) in [6.45, 7) is 1.97. The van der Waals surface area contributed by atoms with Gasteiger partial charge in [0.05, 0.1) is 6.61 Å². The van der Waals surface area contributed by atoms with Gasteiger partial charge in [0.15, 0.2) is 0 Å². The van der Waals surface area contributed by atoms with Crippen LogP contribution in [0.25, 0.3) is 0 Å². The number of likely N-dealkylation sites (tertiary alicyclic amines) is 1. The van der Waals surface area contributed by atoms with Crippen molar-refractivity contribution in [1.82, 2.24) is 4.90 Å². The minimum absolute atomic E-state index is 0.105. The van der Waals surface area contributed by atoms with E-state index < -0.39 is 0 Å². The van der Waals surface area contributed by atoms with E-state index in [9.17, 15) is 4.79 Å². The smallest absolute Gasteiger partial charge is 0.225 e. The van der Waals surface area contributed by atoms with Crippen molar-refractivity contribution in [3.63, 3.8) is 0 Å². The lowest BCUT2D eigenvalue weighted by Crippen LogP contribution is -2.37. The Kier molecular flexibility index (Phi) is 4.06. The Hall–Kier alpha value is -1.35. The standard InChI is InChI=1S/C17H23NO2/c19-12-14-6-4-13(5-7-14)10-15-8-9-18(11-15)17(20)16-2-1-3-16/h4-7,15-16,19H,1-3,8-12H2. The average Bonchev–Trinajstić information content (AvgIpc) is 2.86. The van der Waals surface area contributed by atoms with Crippen LogP contribution in [0.15, 0.2) is 24.3 Å². The zero-order chi connectivity index (χ0) is 13.9. The van der Waals surface area contributed by atoms with Gasteiger partial charge in [0.1, 0.15) is 0 Å². The van der Waals surface area contributed by atoms with Gasteiger partial charge in [-0.1, -0.05) is 30.7 Å². The molecule has 0 spiro atoms. The van der Waals surface area contributed by atoms with E-state index in [0.717, 1.165) is 44.3 Å². The molecule has 1 heterocycles. The number of aliphatic hydroxyl groups is 1. The molecule has 1 atom stereocenters. The summed E-state index contributed by atoms with van der Waals surface area (Å²) in [5.41, 5.74) is 2.27. The summed E-state index contributed by atoms with van der Waals surface area (Å²) >= 11 is 0. The second-order valence-electron chi connectivity index (χ2n) is 6.25. The molecular weight excluding hydrogens is 250 g/mol. The van der Waals surface area contributed by atoms with Crippen LogP contribution in [0.1, 0.15) is 36.8 Å². The van der Waals surface area contributed by atoms with Gasteiger partial charge in [-0.05, 0) is 42.7 Å². The van der Waals surface area contributed by atoms with Crippen molar-refractivity contribution in [3.05, 3.63) is 35.4 Å². The molecule has 1 unspecified atom stereocenters. The van der Waals surface area contributed by atoms with Crippen LogP contribution >= 0.6 is 0 Å². The van der Waals surface area contributed by atoms with Crippen molar-refractivity contribution < 1.29 is 9.90 Å². The molecule has 3 nitrogen and oxygen atoms in total. The van der Waals surface area contributed by atoms with E-state index >= 15 is 0 Å². The van der Waals surface area contributed by atoms with Crippen LogP contribution in [0.2, 0.25) is 0 Å². The first-order chi connectivity index (χ1) is 9.76. The summed E-state index contributed by atoms with van der Waals surface area (Å²) in [7, 11) is 0. The molecule has 0 aromatic heterocycles. The molecule has 1 saturated heterocycles. The van der Waals surface area contributed by atoms with Crippen molar-refractivity contribution in [2.24, 2.45) is 11.8 Å². The lowest BCUT2D eigenvalue weighted by molar-refractivity contribution is -0.137. The number of rotatable bonds is 4. The summed E-state index contributed by atoms with van der Waals surface area (Å²) in [5, 5.41) is 9.05. The van der Waals surface area contributed by atoms with Gasteiger partial charge in [0.25, 0.3) is 0 Å². The first kappa shape index (κ1) is 13.6. The topological polar surface area (TPSA) is 40.5 Å². The second kappa shape index (κ2) is 5.96. The SMILES string of the molecule is O=C(C1CCC1)N1CCC(Cc2ccc(CO)cc2)C1.